The Bertz CT molecular complexity index is 285. The molecule has 0 N–H and O–H groups in total. The van der Waals surface area contributed by atoms with E-state index in [0.717, 1.165) is 12.0 Å². The first-order valence-corrected chi connectivity index (χ1v) is 4.59. The van der Waals surface area contributed by atoms with Crippen molar-refractivity contribution in [2.45, 2.75) is 13.3 Å². The van der Waals surface area contributed by atoms with Crippen molar-refractivity contribution in [1.82, 2.24) is 0 Å². The highest BCUT2D eigenvalue weighted by Crippen LogP contribution is 2.18. The van der Waals surface area contributed by atoms with E-state index in [2.05, 4.69) is 4.18 Å². The van der Waals surface area contributed by atoms with Gasteiger partial charge in [-0.25, -0.2) is 4.21 Å². The summed E-state index contributed by atoms with van der Waals surface area (Å²) in [5, 5.41) is 0. The average Bonchev–Trinajstić information content (AvgIpc) is 2.04. The second-order valence-electron chi connectivity index (χ2n) is 2.25. The molecule has 4 heteroatoms. The molecule has 0 heterocycles. The van der Waals surface area contributed by atoms with E-state index < -0.39 is 11.4 Å². The molecule has 0 aliphatic carbocycles. The fourth-order valence-electron chi connectivity index (χ4n) is 0.951. The highest BCUT2D eigenvalue weighted by atomic mass is 32.2. The van der Waals surface area contributed by atoms with Crippen molar-refractivity contribution in [2.24, 2.45) is 0 Å². The van der Waals surface area contributed by atoms with Gasteiger partial charge < -0.3 is 8.74 Å². The molecular weight excluding hydrogens is 176 g/mol. The SMILES string of the molecule is CCc1ccccc1OS(=O)[O-]. The first kappa shape index (κ1) is 9.22. The van der Waals surface area contributed by atoms with E-state index in [9.17, 15) is 8.76 Å². The lowest BCUT2D eigenvalue weighted by Gasteiger charge is -2.09. The third-order valence-electron chi connectivity index (χ3n) is 1.51. The summed E-state index contributed by atoms with van der Waals surface area (Å²) in [6.07, 6.45) is 0.757. The summed E-state index contributed by atoms with van der Waals surface area (Å²) in [5.41, 5.74) is 0.890. The monoisotopic (exact) mass is 185 g/mol. The Morgan fingerprint density at radius 3 is 2.75 bits per heavy atom. The number of rotatable bonds is 3. The third-order valence-corrected chi connectivity index (χ3v) is 1.83. The molecule has 0 saturated heterocycles. The van der Waals surface area contributed by atoms with Crippen molar-refractivity contribution in [3.8, 4) is 5.75 Å². The molecule has 1 rings (SSSR count). The van der Waals surface area contributed by atoms with E-state index in [1.165, 1.54) is 0 Å². The highest BCUT2D eigenvalue weighted by molar-refractivity contribution is 7.74. The van der Waals surface area contributed by atoms with Gasteiger partial charge in [0, 0.05) is 0 Å². The van der Waals surface area contributed by atoms with Gasteiger partial charge in [-0.15, -0.1) is 0 Å². The maximum absolute atomic E-state index is 10.2. The Labute approximate surface area is 73.9 Å². The van der Waals surface area contributed by atoms with Crippen LogP contribution in [0.15, 0.2) is 24.3 Å². The van der Waals surface area contributed by atoms with Crippen molar-refractivity contribution in [3.63, 3.8) is 0 Å². The van der Waals surface area contributed by atoms with E-state index in [-0.39, 0.29) is 0 Å². The molecule has 12 heavy (non-hydrogen) atoms. The van der Waals surface area contributed by atoms with Crippen LogP contribution in [-0.2, 0) is 17.8 Å². The van der Waals surface area contributed by atoms with Gasteiger partial charge in [0.2, 0.25) is 0 Å². The lowest BCUT2D eigenvalue weighted by Crippen LogP contribution is -2.00. The molecule has 0 aliphatic heterocycles. The number of hydrogen-bond donors (Lipinski definition) is 0. The zero-order valence-corrected chi connectivity index (χ0v) is 7.47. The zero-order chi connectivity index (χ0) is 8.97. The summed E-state index contributed by atoms with van der Waals surface area (Å²) in [6, 6.07) is 7.05. The van der Waals surface area contributed by atoms with Gasteiger partial charge >= 0.3 is 0 Å². The summed E-state index contributed by atoms with van der Waals surface area (Å²) < 4.78 is 25.0. The maximum atomic E-state index is 10.2. The van der Waals surface area contributed by atoms with Crippen LogP contribution in [0.25, 0.3) is 0 Å². The molecule has 0 aromatic heterocycles. The molecule has 0 radical (unpaired) electrons. The Hall–Kier alpha value is -0.870. The molecule has 0 amide bonds. The highest BCUT2D eigenvalue weighted by Gasteiger charge is 1.99. The number of aryl methyl sites for hydroxylation is 1. The first-order chi connectivity index (χ1) is 5.74. The normalized spacial score (nSPS) is 12.5. The van der Waals surface area contributed by atoms with Gasteiger partial charge in [0.15, 0.2) is 0 Å². The van der Waals surface area contributed by atoms with Crippen LogP contribution in [0.5, 0.6) is 5.75 Å². The summed E-state index contributed by atoms with van der Waals surface area (Å²) in [5.74, 6) is 0.410. The predicted octanol–water partition coefficient (Wildman–Crippen LogP) is 1.42. The minimum absolute atomic E-state index is 0.410. The molecule has 3 nitrogen and oxygen atoms in total. The standard InChI is InChI=1S/C8H10O3S/c1-2-7-5-3-4-6-8(7)11-12(9)10/h3-6H,2H2,1H3,(H,9,10)/p-1. The van der Waals surface area contributed by atoms with Crippen molar-refractivity contribution < 1.29 is 12.9 Å². The summed E-state index contributed by atoms with van der Waals surface area (Å²) >= 11 is -2.48. The van der Waals surface area contributed by atoms with Crippen molar-refractivity contribution in [3.05, 3.63) is 29.8 Å². The number of para-hydroxylation sites is 1. The molecular formula is C8H9O3S-. The second kappa shape index (κ2) is 4.23. The quantitative estimate of drug-likeness (QED) is 0.669. The Morgan fingerprint density at radius 1 is 1.50 bits per heavy atom. The molecule has 0 spiro atoms. The van der Waals surface area contributed by atoms with Gasteiger partial charge in [0.05, 0.1) is 0 Å². The van der Waals surface area contributed by atoms with Crippen LogP contribution in [-0.4, -0.2) is 8.76 Å². The van der Waals surface area contributed by atoms with Crippen molar-refractivity contribution in [1.29, 1.82) is 0 Å². The lowest BCUT2D eigenvalue weighted by atomic mass is 10.1. The molecule has 0 aliphatic rings. The lowest BCUT2D eigenvalue weighted by molar-refractivity contribution is 0.438. The van der Waals surface area contributed by atoms with Gasteiger partial charge in [0.25, 0.3) is 0 Å². The van der Waals surface area contributed by atoms with Crippen LogP contribution in [0.2, 0.25) is 0 Å². The summed E-state index contributed by atoms with van der Waals surface area (Å²) in [7, 11) is 0. The van der Waals surface area contributed by atoms with Gasteiger partial charge in [-0.3, -0.25) is 0 Å². The van der Waals surface area contributed by atoms with Crippen molar-refractivity contribution >= 4 is 11.4 Å². The molecule has 1 unspecified atom stereocenters. The van der Waals surface area contributed by atoms with Crippen LogP contribution in [0, 0.1) is 0 Å². The second-order valence-corrected chi connectivity index (χ2v) is 2.82. The topological polar surface area (TPSA) is 49.4 Å². The van der Waals surface area contributed by atoms with E-state index >= 15 is 0 Å². The fourth-order valence-corrected chi connectivity index (χ4v) is 1.26. The van der Waals surface area contributed by atoms with Crippen LogP contribution >= 0.6 is 0 Å². The van der Waals surface area contributed by atoms with Gasteiger partial charge in [0.1, 0.15) is 17.1 Å². The largest absolute Gasteiger partial charge is 0.740 e. The minimum Gasteiger partial charge on any atom is -0.740 e. The summed E-state index contributed by atoms with van der Waals surface area (Å²) in [6.45, 7) is 1.94. The molecule has 1 aromatic rings. The first-order valence-electron chi connectivity index (χ1n) is 3.59. The van der Waals surface area contributed by atoms with E-state index in [1.807, 2.05) is 19.1 Å². The molecule has 1 aromatic carbocycles. The molecule has 1 atom stereocenters. The fraction of sp³-hybridized carbons (Fsp3) is 0.250. The van der Waals surface area contributed by atoms with E-state index in [1.54, 1.807) is 12.1 Å². The van der Waals surface area contributed by atoms with Gasteiger partial charge in [-0.05, 0) is 18.1 Å². The third kappa shape index (κ3) is 2.32. The Morgan fingerprint density at radius 2 is 2.17 bits per heavy atom. The zero-order valence-electron chi connectivity index (χ0n) is 6.65. The number of benzene rings is 1. The Kier molecular flexibility index (Phi) is 3.25. The van der Waals surface area contributed by atoms with Crippen molar-refractivity contribution in [2.75, 3.05) is 0 Å². The predicted molar refractivity (Wildman–Crippen MR) is 45.4 cm³/mol. The number of hydrogen-bond acceptors (Lipinski definition) is 3. The van der Waals surface area contributed by atoms with Gasteiger partial charge in [-0.1, -0.05) is 25.1 Å². The molecule has 66 valence electrons. The van der Waals surface area contributed by atoms with E-state index in [0.29, 0.717) is 5.75 Å². The summed E-state index contributed by atoms with van der Waals surface area (Å²) in [4.78, 5) is 0. The molecule has 0 bridgehead atoms. The van der Waals surface area contributed by atoms with Crippen LogP contribution in [0.1, 0.15) is 12.5 Å². The molecule has 0 saturated carbocycles. The smallest absolute Gasteiger partial charge is 0.142 e. The average molecular weight is 185 g/mol. The van der Waals surface area contributed by atoms with Crippen LogP contribution in [0.3, 0.4) is 0 Å². The maximum Gasteiger partial charge on any atom is 0.142 e. The Balaban J connectivity index is 2.89. The molecule has 0 fully saturated rings. The van der Waals surface area contributed by atoms with Crippen LogP contribution < -0.4 is 4.18 Å². The minimum atomic E-state index is -2.48. The van der Waals surface area contributed by atoms with Gasteiger partial charge in [-0.2, -0.15) is 0 Å². The van der Waals surface area contributed by atoms with E-state index in [4.69, 9.17) is 0 Å². The van der Waals surface area contributed by atoms with Crippen LogP contribution in [0.4, 0.5) is 0 Å².